The van der Waals surface area contributed by atoms with Gasteiger partial charge in [-0.2, -0.15) is 0 Å². The Hall–Kier alpha value is -2.54. The van der Waals surface area contributed by atoms with Crippen molar-refractivity contribution in [2.45, 2.75) is 43.9 Å². The van der Waals surface area contributed by atoms with Crippen LogP contribution in [0.3, 0.4) is 0 Å². The number of fused-ring (bicyclic) bond motifs is 9. The summed E-state index contributed by atoms with van der Waals surface area (Å²) in [4.78, 5) is 0. The molecule has 3 aliphatic rings. The highest BCUT2D eigenvalue weighted by atomic mass is 16.3. The molecule has 1 heteroatoms. The maximum atomic E-state index is 10.4. The van der Waals surface area contributed by atoms with Crippen molar-refractivity contribution in [3.8, 4) is 5.75 Å². The molecule has 4 unspecified atom stereocenters. The van der Waals surface area contributed by atoms with Gasteiger partial charge >= 0.3 is 0 Å². The summed E-state index contributed by atoms with van der Waals surface area (Å²) in [5.41, 5.74) is 8.06. The zero-order chi connectivity index (χ0) is 18.8. The minimum Gasteiger partial charge on any atom is -0.508 e. The Bertz CT molecular complexity index is 1150. The summed E-state index contributed by atoms with van der Waals surface area (Å²) in [6, 6.07) is 24.1. The van der Waals surface area contributed by atoms with E-state index in [0.29, 0.717) is 5.75 Å². The van der Waals surface area contributed by atoms with E-state index < -0.39 is 0 Å². The van der Waals surface area contributed by atoms with Gasteiger partial charge in [0.25, 0.3) is 0 Å². The average Bonchev–Trinajstić information content (AvgIpc) is 3.04. The van der Waals surface area contributed by atoms with Gasteiger partial charge in [-0.1, -0.05) is 82.3 Å². The predicted molar refractivity (Wildman–Crippen MR) is 108 cm³/mol. The first-order chi connectivity index (χ1) is 12.8. The van der Waals surface area contributed by atoms with Crippen molar-refractivity contribution >= 4 is 0 Å². The second kappa shape index (κ2) is 4.14. The van der Waals surface area contributed by atoms with E-state index >= 15 is 0 Å². The normalized spacial score (nSPS) is 36.9. The van der Waals surface area contributed by atoms with Gasteiger partial charge in [-0.3, -0.25) is 0 Å². The standard InChI is InChI=1S/C26H24O/c1-23-17-9-5-6-10-18(17)24(2)21-14-13-16(27)15-22(21)25(3,26(23,24)4)20-12-8-7-11-19(20)23/h5-15,27H,1-4H3. The van der Waals surface area contributed by atoms with Crippen molar-refractivity contribution < 1.29 is 5.11 Å². The number of hydrogen-bond acceptors (Lipinski definition) is 1. The molecule has 1 N–H and O–H groups in total. The van der Waals surface area contributed by atoms with Crippen LogP contribution in [0.1, 0.15) is 61.1 Å². The van der Waals surface area contributed by atoms with Crippen LogP contribution in [-0.2, 0) is 16.2 Å². The molecule has 0 amide bonds. The van der Waals surface area contributed by atoms with Crippen LogP contribution in [0.25, 0.3) is 0 Å². The van der Waals surface area contributed by atoms with Gasteiger partial charge in [-0.25, -0.2) is 0 Å². The van der Waals surface area contributed by atoms with E-state index in [4.69, 9.17) is 0 Å². The molecule has 0 aliphatic heterocycles. The zero-order valence-corrected chi connectivity index (χ0v) is 16.3. The molecule has 0 fully saturated rings. The van der Waals surface area contributed by atoms with Crippen LogP contribution >= 0.6 is 0 Å². The topological polar surface area (TPSA) is 20.2 Å². The van der Waals surface area contributed by atoms with Crippen LogP contribution in [0.15, 0.2) is 66.7 Å². The summed E-state index contributed by atoms with van der Waals surface area (Å²) in [5.74, 6) is 0.363. The Labute approximate surface area is 160 Å². The van der Waals surface area contributed by atoms with Crippen molar-refractivity contribution in [3.05, 3.63) is 100 Å². The third-order valence-corrected chi connectivity index (χ3v) is 9.09. The molecule has 0 saturated heterocycles. The maximum absolute atomic E-state index is 10.4. The highest BCUT2D eigenvalue weighted by Gasteiger charge is 2.79. The lowest BCUT2D eigenvalue weighted by Gasteiger charge is -2.49. The largest absolute Gasteiger partial charge is 0.508 e. The molecular weight excluding hydrogens is 328 g/mol. The molecule has 0 bridgehead atoms. The first-order valence-corrected chi connectivity index (χ1v) is 9.87. The van der Waals surface area contributed by atoms with E-state index in [1.165, 1.54) is 33.4 Å². The maximum Gasteiger partial charge on any atom is 0.115 e. The van der Waals surface area contributed by atoms with Crippen LogP contribution in [0, 0.1) is 5.41 Å². The van der Waals surface area contributed by atoms with E-state index in [1.54, 1.807) is 0 Å². The Kier molecular flexibility index (Phi) is 2.38. The molecule has 3 aromatic rings. The summed E-state index contributed by atoms with van der Waals surface area (Å²) < 4.78 is 0. The number of phenols is 1. The van der Waals surface area contributed by atoms with Gasteiger partial charge in [0.1, 0.15) is 5.75 Å². The molecule has 3 aliphatic carbocycles. The third kappa shape index (κ3) is 1.19. The molecule has 27 heavy (non-hydrogen) atoms. The van der Waals surface area contributed by atoms with E-state index in [0.717, 1.165) is 0 Å². The SMILES string of the molecule is CC12c3ccccc3C3(C)c4ccc(O)cc4C(C)(c4ccccc41)C23C. The first kappa shape index (κ1) is 15.5. The van der Waals surface area contributed by atoms with Crippen LogP contribution in [0.5, 0.6) is 5.75 Å². The molecule has 3 aromatic carbocycles. The molecule has 134 valence electrons. The van der Waals surface area contributed by atoms with Gasteiger partial charge < -0.3 is 5.11 Å². The quantitative estimate of drug-likeness (QED) is 0.554. The van der Waals surface area contributed by atoms with Crippen molar-refractivity contribution in [1.29, 1.82) is 0 Å². The molecule has 0 spiro atoms. The first-order valence-electron chi connectivity index (χ1n) is 9.87. The van der Waals surface area contributed by atoms with E-state index in [-0.39, 0.29) is 21.7 Å². The molecule has 6 rings (SSSR count). The summed E-state index contributed by atoms with van der Waals surface area (Å²) in [6.45, 7) is 9.79. The fourth-order valence-corrected chi connectivity index (χ4v) is 7.64. The van der Waals surface area contributed by atoms with Crippen molar-refractivity contribution in [2.24, 2.45) is 5.41 Å². The zero-order valence-electron chi connectivity index (χ0n) is 16.3. The monoisotopic (exact) mass is 352 g/mol. The van der Waals surface area contributed by atoms with E-state index in [1.807, 2.05) is 12.1 Å². The fraction of sp³-hybridized carbons (Fsp3) is 0.308. The lowest BCUT2D eigenvalue weighted by Crippen LogP contribution is -2.51. The molecule has 0 heterocycles. The summed E-state index contributed by atoms with van der Waals surface area (Å²) in [5, 5.41) is 10.4. The van der Waals surface area contributed by atoms with Crippen LogP contribution in [0.4, 0.5) is 0 Å². The highest BCUT2D eigenvalue weighted by molar-refractivity contribution is 5.76. The predicted octanol–water partition coefficient (Wildman–Crippen LogP) is 5.66. The lowest BCUT2D eigenvalue weighted by atomic mass is 9.52. The number of hydrogen-bond donors (Lipinski definition) is 1. The van der Waals surface area contributed by atoms with E-state index in [2.05, 4.69) is 82.3 Å². The van der Waals surface area contributed by atoms with Gasteiger partial charge in [-0.05, 0) is 45.5 Å². The van der Waals surface area contributed by atoms with E-state index in [9.17, 15) is 5.11 Å². The smallest absolute Gasteiger partial charge is 0.115 e. The van der Waals surface area contributed by atoms with Crippen molar-refractivity contribution in [3.63, 3.8) is 0 Å². The molecule has 1 nitrogen and oxygen atoms in total. The third-order valence-electron chi connectivity index (χ3n) is 9.09. The Morgan fingerprint density at radius 1 is 0.519 bits per heavy atom. The molecule has 0 saturated carbocycles. The van der Waals surface area contributed by atoms with Gasteiger partial charge in [0.15, 0.2) is 0 Å². The summed E-state index contributed by atoms with van der Waals surface area (Å²) in [7, 11) is 0. The second-order valence-corrected chi connectivity index (χ2v) is 9.32. The average molecular weight is 352 g/mol. The minimum atomic E-state index is -0.153. The number of benzene rings is 3. The number of aromatic hydroxyl groups is 1. The highest BCUT2D eigenvalue weighted by Crippen LogP contribution is 2.82. The van der Waals surface area contributed by atoms with Crippen molar-refractivity contribution in [2.75, 3.05) is 0 Å². The molecule has 0 aromatic heterocycles. The van der Waals surface area contributed by atoms with Crippen LogP contribution in [-0.4, -0.2) is 5.11 Å². The van der Waals surface area contributed by atoms with Gasteiger partial charge in [0.05, 0.1) is 0 Å². The lowest BCUT2D eigenvalue weighted by molar-refractivity contribution is 0.0997. The number of rotatable bonds is 0. The second-order valence-electron chi connectivity index (χ2n) is 9.32. The van der Waals surface area contributed by atoms with Crippen LogP contribution in [0.2, 0.25) is 0 Å². The molecule has 0 radical (unpaired) electrons. The van der Waals surface area contributed by atoms with Crippen molar-refractivity contribution in [1.82, 2.24) is 0 Å². The molecular formula is C26H24O. The van der Waals surface area contributed by atoms with Gasteiger partial charge in [0.2, 0.25) is 0 Å². The minimum absolute atomic E-state index is 0.0451. The Morgan fingerprint density at radius 3 is 1.33 bits per heavy atom. The fourth-order valence-electron chi connectivity index (χ4n) is 7.64. The van der Waals surface area contributed by atoms with Crippen LogP contribution < -0.4 is 0 Å². The van der Waals surface area contributed by atoms with Gasteiger partial charge in [0, 0.05) is 21.7 Å². The Morgan fingerprint density at radius 2 is 0.889 bits per heavy atom. The Balaban J connectivity index is 1.92. The summed E-state index contributed by atoms with van der Waals surface area (Å²) >= 11 is 0. The number of phenolic OH excluding ortho intramolecular Hbond substituents is 1. The van der Waals surface area contributed by atoms with Gasteiger partial charge in [-0.15, -0.1) is 0 Å². The molecule has 4 atom stereocenters. The summed E-state index contributed by atoms with van der Waals surface area (Å²) in [6.07, 6.45) is 0.